The number of likely N-dealkylation sites (tertiary alicyclic amines) is 2. The summed E-state index contributed by atoms with van der Waals surface area (Å²) in [6, 6.07) is 12.5. The molecule has 1 unspecified atom stereocenters. The van der Waals surface area contributed by atoms with Crippen molar-refractivity contribution >= 4 is 45.6 Å². The van der Waals surface area contributed by atoms with E-state index in [1.165, 1.54) is 14.2 Å². The number of nitrogens with zero attached hydrogens (tertiary/aromatic N) is 5. The van der Waals surface area contributed by atoms with Crippen LogP contribution in [-0.4, -0.2) is 98.1 Å². The van der Waals surface area contributed by atoms with Crippen molar-refractivity contribution in [3.63, 3.8) is 0 Å². The van der Waals surface area contributed by atoms with Crippen molar-refractivity contribution in [2.24, 2.45) is 11.8 Å². The molecule has 4 amide bonds. The summed E-state index contributed by atoms with van der Waals surface area (Å²) in [5.41, 5.74) is 5.50. The Balaban J connectivity index is 1.03. The van der Waals surface area contributed by atoms with Gasteiger partial charge in [0.2, 0.25) is 11.8 Å². The summed E-state index contributed by atoms with van der Waals surface area (Å²) in [6.45, 7) is 8.77. The fourth-order valence-corrected chi connectivity index (χ4v) is 8.71. The Bertz CT molecular complexity index is 2250. The maximum atomic E-state index is 13.6. The molecular weight excluding hydrogens is 747 g/mol. The zero-order valence-electron chi connectivity index (χ0n) is 33.0. The van der Waals surface area contributed by atoms with Crippen LogP contribution in [0, 0.1) is 11.8 Å². The molecule has 15 nitrogen and oxygen atoms in total. The number of hydrogen-bond donors (Lipinski definition) is 4. The molecule has 57 heavy (non-hydrogen) atoms. The van der Waals surface area contributed by atoms with E-state index in [1.807, 2.05) is 64.1 Å². The first kappa shape index (κ1) is 39.5. The van der Waals surface area contributed by atoms with E-state index in [4.69, 9.17) is 19.4 Å². The number of fused-ring (bicyclic) bond motifs is 1. The van der Waals surface area contributed by atoms with Gasteiger partial charge in [-0.2, -0.15) is 0 Å². The van der Waals surface area contributed by atoms with Gasteiger partial charge in [0.15, 0.2) is 0 Å². The molecule has 0 spiro atoms. The number of hydrogen-bond acceptors (Lipinski definition) is 10. The van der Waals surface area contributed by atoms with Crippen molar-refractivity contribution in [3.05, 3.63) is 66.5 Å². The van der Waals surface area contributed by atoms with E-state index < -0.39 is 24.3 Å². The van der Waals surface area contributed by atoms with E-state index in [9.17, 15) is 19.2 Å². The molecule has 300 valence electrons. The van der Waals surface area contributed by atoms with Crippen LogP contribution in [0.2, 0.25) is 0 Å². The van der Waals surface area contributed by atoms with E-state index in [0.717, 1.165) is 69.0 Å². The average Bonchev–Trinajstić information content (AvgIpc) is 4.06. The molecule has 3 aromatic heterocycles. The second-order valence-electron chi connectivity index (χ2n) is 15.2. The Kier molecular flexibility index (Phi) is 11.6. The maximum absolute atomic E-state index is 13.6. The van der Waals surface area contributed by atoms with Gasteiger partial charge in [-0.15, -0.1) is 11.3 Å². The minimum Gasteiger partial charge on any atom is -0.453 e. The molecule has 2 aliphatic rings. The number of amides is 4. The molecular formula is C41H49N9O6S. The van der Waals surface area contributed by atoms with E-state index in [2.05, 4.69) is 31.7 Å². The smallest absolute Gasteiger partial charge is 0.407 e. The third-order valence-electron chi connectivity index (χ3n) is 10.8. The van der Waals surface area contributed by atoms with Crippen LogP contribution in [0.5, 0.6) is 0 Å². The third kappa shape index (κ3) is 8.22. The summed E-state index contributed by atoms with van der Waals surface area (Å²) in [6.07, 6.45) is 5.58. The number of benzene rings is 2. The average molecular weight is 796 g/mol. The van der Waals surface area contributed by atoms with Gasteiger partial charge in [-0.3, -0.25) is 9.59 Å². The van der Waals surface area contributed by atoms with Gasteiger partial charge in [0.1, 0.15) is 28.7 Å². The molecule has 5 heterocycles. The quantitative estimate of drug-likeness (QED) is 0.111. The van der Waals surface area contributed by atoms with Crippen LogP contribution in [0.25, 0.3) is 43.3 Å². The predicted octanol–water partition coefficient (Wildman–Crippen LogP) is 6.83. The number of imidazole rings is 2. The number of H-pyrrole nitrogens is 2. The van der Waals surface area contributed by atoms with Crippen LogP contribution in [0.15, 0.2) is 54.9 Å². The number of alkyl carbamates (subject to hydrolysis) is 2. The highest BCUT2D eigenvalue weighted by atomic mass is 32.1. The van der Waals surface area contributed by atoms with Crippen LogP contribution in [0.3, 0.4) is 0 Å². The number of thiazole rings is 1. The lowest BCUT2D eigenvalue weighted by atomic mass is 10.0. The summed E-state index contributed by atoms with van der Waals surface area (Å²) in [4.78, 5) is 75.9. The fraction of sp³-hybridized carbons (Fsp3) is 0.439. The standard InChI is InChI=1S/C41H49N9O6S/c1-22(2)33(47-40(53)55-5)38(51)49-17-7-9-30(49)35-42-20-28(44-35)24-11-13-25(14-12-24)37-46-27-16-15-26(19-32(27)57-37)29-21-43-36(45-29)31-10-8-18-50(31)39(52)34(23(3)4)48-41(54)56-6/h11-16,19-23,30-31,33-34H,7-10,17-18H2,1-6H3,(H,42,44)(H,43,45)(H,47,53)(H,48,54)/t30?,31-,33-,34-/m0/s1. The fourth-order valence-electron chi connectivity index (χ4n) is 7.70. The lowest BCUT2D eigenvalue weighted by molar-refractivity contribution is -0.136. The van der Waals surface area contributed by atoms with Crippen LogP contribution >= 0.6 is 11.3 Å². The van der Waals surface area contributed by atoms with Crippen molar-refractivity contribution in [1.82, 2.24) is 45.4 Å². The van der Waals surface area contributed by atoms with Crippen molar-refractivity contribution in [3.8, 4) is 33.1 Å². The summed E-state index contributed by atoms with van der Waals surface area (Å²) in [7, 11) is 2.58. The molecule has 16 heteroatoms. The minimum absolute atomic E-state index is 0.109. The first-order chi connectivity index (χ1) is 27.4. The molecule has 4 N–H and O–H groups in total. The molecule has 2 aromatic carbocycles. The number of nitrogens with one attached hydrogen (secondary N) is 4. The van der Waals surface area contributed by atoms with Gasteiger partial charge in [0, 0.05) is 24.2 Å². The molecule has 0 bridgehead atoms. The second-order valence-corrected chi connectivity index (χ2v) is 16.3. The molecule has 7 rings (SSSR count). The van der Waals surface area contributed by atoms with Gasteiger partial charge >= 0.3 is 12.2 Å². The van der Waals surface area contributed by atoms with E-state index in [0.29, 0.717) is 24.7 Å². The number of methoxy groups -OCH3 is 2. The summed E-state index contributed by atoms with van der Waals surface area (Å²) in [5, 5.41) is 6.29. The van der Waals surface area contributed by atoms with Gasteiger partial charge in [-0.25, -0.2) is 24.5 Å². The Hall–Kier alpha value is -5.77. The number of ether oxygens (including phenoxy) is 2. The zero-order chi connectivity index (χ0) is 40.4. The molecule has 0 radical (unpaired) electrons. The van der Waals surface area contributed by atoms with E-state index in [1.54, 1.807) is 33.5 Å². The lowest BCUT2D eigenvalue weighted by Gasteiger charge is -2.30. The molecule has 0 aliphatic carbocycles. The van der Waals surface area contributed by atoms with Crippen molar-refractivity contribution in [2.75, 3.05) is 27.3 Å². The lowest BCUT2D eigenvalue weighted by Crippen LogP contribution is -2.51. The Labute approximate surface area is 335 Å². The molecule has 2 aliphatic heterocycles. The van der Waals surface area contributed by atoms with E-state index >= 15 is 0 Å². The van der Waals surface area contributed by atoms with Gasteiger partial charge < -0.3 is 39.9 Å². The largest absolute Gasteiger partial charge is 0.453 e. The predicted molar refractivity (Wildman–Crippen MR) is 216 cm³/mol. The van der Waals surface area contributed by atoms with Crippen LogP contribution in [0.4, 0.5) is 9.59 Å². The maximum Gasteiger partial charge on any atom is 0.407 e. The van der Waals surface area contributed by atoms with Crippen LogP contribution < -0.4 is 10.6 Å². The van der Waals surface area contributed by atoms with Crippen LogP contribution in [0.1, 0.15) is 77.1 Å². The molecule has 0 saturated carbocycles. The first-order valence-corrected chi connectivity index (χ1v) is 20.2. The van der Waals surface area contributed by atoms with Crippen molar-refractivity contribution < 1.29 is 28.7 Å². The van der Waals surface area contributed by atoms with Crippen molar-refractivity contribution in [2.45, 2.75) is 77.5 Å². The van der Waals surface area contributed by atoms with E-state index in [-0.39, 0.29) is 35.7 Å². The SMILES string of the molecule is COC(=O)N[C@H](C(=O)N1CCCC1c1ncc(-c2ccc(-c3nc4ccc(-c5cnc([C@@H]6CCCN6C(=O)[C@@H](NC(=O)OC)C(C)C)[nH]5)cc4s3)cc2)[nH]1)C(C)C. The molecule has 5 aromatic rings. The summed E-state index contributed by atoms with van der Waals surface area (Å²) in [5.74, 6) is 0.922. The summed E-state index contributed by atoms with van der Waals surface area (Å²) >= 11 is 1.61. The Morgan fingerprint density at radius 2 is 1.19 bits per heavy atom. The Morgan fingerprint density at radius 1 is 0.719 bits per heavy atom. The minimum atomic E-state index is -0.695. The number of carbonyl (C=O) groups is 4. The van der Waals surface area contributed by atoms with Gasteiger partial charge in [-0.05, 0) is 55.2 Å². The molecule has 2 fully saturated rings. The topological polar surface area (TPSA) is 188 Å². The number of aromatic nitrogens is 5. The highest BCUT2D eigenvalue weighted by Gasteiger charge is 2.39. The normalized spacial score (nSPS) is 18.0. The molecule has 4 atom stereocenters. The molecule has 2 saturated heterocycles. The summed E-state index contributed by atoms with van der Waals surface area (Å²) < 4.78 is 10.6. The number of rotatable bonds is 11. The highest BCUT2D eigenvalue weighted by Crippen LogP contribution is 2.37. The third-order valence-corrected chi connectivity index (χ3v) is 11.9. The zero-order valence-corrected chi connectivity index (χ0v) is 33.8. The highest BCUT2D eigenvalue weighted by molar-refractivity contribution is 7.21. The first-order valence-electron chi connectivity index (χ1n) is 19.4. The number of aromatic amines is 2. The number of carbonyl (C=O) groups excluding carboxylic acids is 4. The van der Waals surface area contributed by atoms with Gasteiger partial charge in [0.05, 0.1) is 60.3 Å². The monoisotopic (exact) mass is 795 g/mol. The van der Waals surface area contributed by atoms with Crippen molar-refractivity contribution in [1.29, 1.82) is 0 Å². The Morgan fingerprint density at radius 3 is 1.68 bits per heavy atom. The van der Waals surface area contributed by atoms with Gasteiger partial charge in [0.25, 0.3) is 0 Å². The second kappa shape index (κ2) is 16.8. The van der Waals surface area contributed by atoms with Crippen LogP contribution in [-0.2, 0) is 19.1 Å². The van der Waals surface area contributed by atoms with Gasteiger partial charge in [-0.1, -0.05) is 58.0 Å².